The zero-order valence-electron chi connectivity index (χ0n) is 13.7. The molecule has 2 aromatic rings. The molecule has 0 aliphatic carbocycles. The van der Waals surface area contributed by atoms with Crippen LogP contribution in [0.25, 0.3) is 11.3 Å². The van der Waals surface area contributed by atoms with Gasteiger partial charge in [0.2, 0.25) is 0 Å². The van der Waals surface area contributed by atoms with E-state index in [0.29, 0.717) is 24.3 Å². The maximum atomic E-state index is 12.9. The Bertz CT molecular complexity index is 771. The van der Waals surface area contributed by atoms with Gasteiger partial charge in [0, 0.05) is 25.2 Å². The maximum absolute atomic E-state index is 12.9. The molecule has 1 aromatic heterocycles. The zero-order valence-corrected chi connectivity index (χ0v) is 13.7. The van der Waals surface area contributed by atoms with Gasteiger partial charge < -0.3 is 10.0 Å². The Morgan fingerprint density at radius 1 is 1.33 bits per heavy atom. The number of carbonyl (C=O) groups excluding carboxylic acids is 1. The summed E-state index contributed by atoms with van der Waals surface area (Å²) in [6.45, 7) is 3.18. The Kier molecular flexibility index (Phi) is 4.35. The Labute approximate surface area is 139 Å². The second kappa shape index (κ2) is 6.45. The van der Waals surface area contributed by atoms with Gasteiger partial charge in [-0.15, -0.1) is 0 Å². The molecule has 2 heterocycles. The summed E-state index contributed by atoms with van der Waals surface area (Å²) in [7, 11) is 1.76. The average molecular weight is 328 g/mol. The van der Waals surface area contributed by atoms with E-state index < -0.39 is 12.0 Å². The van der Waals surface area contributed by atoms with Crippen LogP contribution < -0.4 is 0 Å². The van der Waals surface area contributed by atoms with Crippen molar-refractivity contribution in [1.82, 2.24) is 20.0 Å². The second-order valence-electron chi connectivity index (χ2n) is 6.11. The van der Waals surface area contributed by atoms with E-state index in [1.54, 1.807) is 16.8 Å². The molecule has 1 fully saturated rings. The lowest BCUT2D eigenvalue weighted by Crippen LogP contribution is -2.56. The van der Waals surface area contributed by atoms with Crippen molar-refractivity contribution in [2.24, 2.45) is 0 Å². The van der Waals surface area contributed by atoms with Crippen molar-refractivity contribution in [1.29, 1.82) is 0 Å². The highest BCUT2D eigenvalue weighted by Crippen LogP contribution is 2.24. The predicted octanol–water partition coefficient (Wildman–Crippen LogP) is 1.23. The number of likely N-dealkylation sites (N-methyl/N-ethyl adjacent to an activating group) is 1. The van der Waals surface area contributed by atoms with Gasteiger partial charge in [-0.3, -0.25) is 19.6 Å². The molecule has 3 rings (SSSR count). The van der Waals surface area contributed by atoms with E-state index in [0.717, 1.165) is 11.1 Å². The van der Waals surface area contributed by atoms with E-state index in [9.17, 15) is 14.7 Å². The van der Waals surface area contributed by atoms with Crippen molar-refractivity contribution in [2.45, 2.75) is 13.0 Å². The number of hydrogen-bond donors (Lipinski definition) is 2. The average Bonchev–Trinajstić information content (AvgIpc) is 3.04. The molecule has 1 saturated heterocycles. The summed E-state index contributed by atoms with van der Waals surface area (Å²) in [5.74, 6) is -1.11. The van der Waals surface area contributed by atoms with Gasteiger partial charge in [-0.25, -0.2) is 0 Å². The summed E-state index contributed by atoms with van der Waals surface area (Å²) in [6, 6.07) is 7.13. The van der Waals surface area contributed by atoms with Crippen molar-refractivity contribution < 1.29 is 14.7 Å². The third-order valence-electron chi connectivity index (χ3n) is 4.40. The van der Waals surface area contributed by atoms with Crippen LogP contribution in [0.5, 0.6) is 0 Å². The van der Waals surface area contributed by atoms with Gasteiger partial charge in [-0.1, -0.05) is 23.8 Å². The van der Waals surface area contributed by atoms with Crippen molar-refractivity contribution in [3.05, 3.63) is 41.6 Å². The molecule has 0 radical (unpaired) electrons. The number of amides is 1. The molecule has 7 heteroatoms. The summed E-state index contributed by atoms with van der Waals surface area (Å²) < 4.78 is 0. The summed E-state index contributed by atoms with van der Waals surface area (Å²) in [5, 5.41) is 16.2. The van der Waals surface area contributed by atoms with Crippen LogP contribution in [0, 0.1) is 6.92 Å². The number of H-pyrrole nitrogens is 1. The minimum absolute atomic E-state index is 0.170. The quantitative estimate of drug-likeness (QED) is 0.884. The zero-order chi connectivity index (χ0) is 17.3. The first-order chi connectivity index (χ1) is 11.5. The van der Waals surface area contributed by atoms with Gasteiger partial charge in [-0.05, 0) is 20.0 Å². The number of rotatable bonds is 3. The normalized spacial score (nSPS) is 18.6. The standard InChI is InChI=1S/C17H20N4O3/c1-11-4-3-5-12(8-11)15-13(9-18-19-15)16(22)21-7-6-20(2)14(10-21)17(23)24/h3-5,8-9,14H,6-7,10H2,1-2H3,(H,18,19)(H,23,24)/t14-/m1/s1. The molecule has 126 valence electrons. The SMILES string of the molecule is Cc1cccc(-c2[nH]ncc2C(=O)N2CCN(C)[C@@H](C(=O)O)C2)c1. The lowest BCUT2D eigenvalue weighted by molar-refractivity contribution is -0.144. The topological polar surface area (TPSA) is 89.5 Å². The minimum atomic E-state index is -0.916. The van der Waals surface area contributed by atoms with Gasteiger partial charge >= 0.3 is 5.97 Å². The monoisotopic (exact) mass is 328 g/mol. The number of hydrogen-bond acceptors (Lipinski definition) is 4. The molecule has 7 nitrogen and oxygen atoms in total. The van der Waals surface area contributed by atoms with E-state index in [2.05, 4.69) is 10.2 Å². The van der Waals surface area contributed by atoms with Crippen LogP contribution in [-0.4, -0.2) is 69.7 Å². The Morgan fingerprint density at radius 3 is 2.83 bits per heavy atom. The van der Waals surface area contributed by atoms with E-state index in [1.165, 1.54) is 6.20 Å². The van der Waals surface area contributed by atoms with Gasteiger partial charge in [-0.2, -0.15) is 5.10 Å². The van der Waals surface area contributed by atoms with Crippen LogP contribution in [0.4, 0.5) is 0 Å². The summed E-state index contributed by atoms with van der Waals surface area (Å²) in [5.41, 5.74) is 3.11. The molecule has 2 N–H and O–H groups in total. The van der Waals surface area contributed by atoms with Crippen LogP contribution in [0.3, 0.4) is 0 Å². The van der Waals surface area contributed by atoms with Crippen LogP contribution in [0.1, 0.15) is 15.9 Å². The van der Waals surface area contributed by atoms with Crippen LogP contribution in [0.15, 0.2) is 30.5 Å². The number of benzene rings is 1. The lowest BCUT2D eigenvalue weighted by Gasteiger charge is -2.37. The first-order valence-electron chi connectivity index (χ1n) is 7.80. The van der Waals surface area contributed by atoms with Gasteiger partial charge in [0.05, 0.1) is 17.5 Å². The van der Waals surface area contributed by atoms with E-state index in [4.69, 9.17) is 0 Å². The number of aromatic nitrogens is 2. The van der Waals surface area contributed by atoms with E-state index >= 15 is 0 Å². The molecule has 0 unspecified atom stereocenters. The van der Waals surface area contributed by atoms with Crippen LogP contribution in [-0.2, 0) is 4.79 Å². The highest BCUT2D eigenvalue weighted by molar-refractivity contribution is 6.00. The van der Waals surface area contributed by atoms with Crippen molar-refractivity contribution in [2.75, 3.05) is 26.7 Å². The van der Waals surface area contributed by atoms with Crippen molar-refractivity contribution in [3.8, 4) is 11.3 Å². The highest BCUT2D eigenvalue weighted by atomic mass is 16.4. The second-order valence-corrected chi connectivity index (χ2v) is 6.11. The summed E-state index contributed by atoms with van der Waals surface area (Å²) in [4.78, 5) is 27.6. The summed E-state index contributed by atoms with van der Waals surface area (Å²) in [6.07, 6.45) is 1.51. The van der Waals surface area contributed by atoms with E-state index in [1.807, 2.05) is 31.2 Å². The fourth-order valence-corrected chi connectivity index (χ4v) is 2.96. The number of aryl methyl sites for hydroxylation is 1. The first kappa shape index (κ1) is 16.2. The largest absolute Gasteiger partial charge is 0.480 e. The number of aromatic amines is 1. The molecule has 0 saturated carbocycles. The first-order valence-corrected chi connectivity index (χ1v) is 7.80. The molecule has 1 aliphatic rings. The number of piperazine rings is 1. The molecule has 1 amide bonds. The minimum Gasteiger partial charge on any atom is -0.480 e. The fourth-order valence-electron chi connectivity index (χ4n) is 2.96. The van der Waals surface area contributed by atoms with E-state index in [-0.39, 0.29) is 12.5 Å². The number of carboxylic acid groups (broad SMARTS) is 1. The Hall–Kier alpha value is -2.67. The Morgan fingerprint density at radius 2 is 2.12 bits per heavy atom. The molecule has 1 aliphatic heterocycles. The van der Waals surface area contributed by atoms with Crippen LogP contribution in [0.2, 0.25) is 0 Å². The number of carboxylic acids is 1. The fraction of sp³-hybridized carbons (Fsp3) is 0.353. The van der Waals surface area contributed by atoms with Gasteiger partial charge in [0.1, 0.15) is 6.04 Å². The molecule has 1 atom stereocenters. The highest BCUT2D eigenvalue weighted by Gasteiger charge is 2.33. The number of carbonyl (C=O) groups is 2. The molecular weight excluding hydrogens is 308 g/mol. The molecule has 1 aromatic carbocycles. The Balaban J connectivity index is 1.87. The smallest absolute Gasteiger partial charge is 0.322 e. The molecular formula is C17H20N4O3. The lowest BCUT2D eigenvalue weighted by atomic mass is 10.0. The molecule has 24 heavy (non-hydrogen) atoms. The number of nitrogens with one attached hydrogen (secondary N) is 1. The molecule has 0 bridgehead atoms. The summed E-state index contributed by atoms with van der Waals surface area (Å²) >= 11 is 0. The van der Waals surface area contributed by atoms with Crippen molar-refractivity contribution >= 4 is 11.9 Å². The van der Waals surface area contributed by atoms with Gasteiger partial charge in [0.25, 0.3) is 5.91 Å². The molecule has 0 spiro atoms. The maximum Gasteiger partial charge on any atom is 0.322 e. The third-order valence-corrected chi connectivity index (χ3v) is 4.40. The van der Waals surface area contributed by atoms with Gasteiger partial charge in [0.15, 0.2) is 0 Å². The number of nitrogens with zero attached hydrogens (tertiary/aromatic N) is 3. The number of aliphatic carboxylic acids is 1. The van der Waals surface area contributed by atoms with Crippen molar-refractivity contribution in [3.63, 3.8) is 0 Å². The third kappa shape index (κ3) is 3.03. The van der Waals surface area contributed by atoms with Crippen LogP contribution >= 0.6 is 0 Å². The predicted molar refractivity (Wildman–Crippen MR) is 88.7 cm³/mol.